The molecular formula is C14H17N3O. The summed E-state index contributed by atoms with van der Waals surface area (Å²) in [4.78, 5) is 4.24. The van der Waals surface area contributed by atoms with Crippen LogP contribution in [0.25, 0.3) is 0 Å². The van der Waals surface area contributed by atoms with Gasteiger partial charge in [-0.3, -0.25) is 0 Å². The van der Waals surface area contributed by atoms with Gasteiger partial charge in [0.2, 0.25) is 0 Å². The summed E-state index contributed by atoms with van der Waals surface area (Å²) in [7, 11) is 1.69. The molecule has 0 aliphatic carbocycles. The van der Waals surface area contributed by atoms with E-state index in [1.54, 1.807) is 13.3 Å². The topological polar surface area (TPSA) is 60.2 Å². The van der Waals surface area contributed by atoms with Crippen molar-refractivity contribution in [1.29, 1.82) is 0 Å². The highest BCUT2D eigenvalue weighted by Crippen LogP contribution is 2.19. The standard InChI is InChI=1S/C14H17N3O/c1-10-6-14(16-8-13(10)15)17-12-5-3-4-11(7-12)9-18-2/h3-8H,9,15H2,1-2H3,(H,16,17). The number of nitrogens with two attached hydrogens (primary N) is 1. The summed E-state index contributed by atoms with van der Waals surface area (Å²) in [5.74, 6) is 0.788. The molecule has 1 aromatic carbocycles. The van der Waals surface area contributed by atoms with E-state index in [2.05, 4.69) is 10.3 Å². The minimum Gasteiger partial charge on any atom is -0.397 e. The van der Waals surface area contributed by atoms with E-state index < -0.39 is 0 Å². The van der Waals surface area contributed by atoms with Crippen LogP contribution >= 0.6 is 0 Å². The molecule has 1 aromatic heterocycles. The van der Waals surface area contributed by atoms with E-state index in [9.17, 15) is 0 Å². The van der Waals surface area contributed by atoms with Crippen molar-refractivity contribution in [1.82, 2.24) is 4.98 Å². The predicted molar refractivity (Wildman–Crippen MR) is 73.8 cm³/mol. The first kappa shape index (κ1) is 12.4. The summed E-state index contributed by atoms with van der Waals surface area (Å²) in [6.45, 7) is 2.56. The highest BCUT2D eigenvalue weighted by atomic mass is 16.5. The fourth-order valence-corrected chi connectivity index (χ4v) is 1.69. The minimum atomic E-state index is 0.601. The minimum absolute atomic E-state index is 0.601. The van der Waals surface area contributed by atoms with Gasteiger partial charge in [0, 0.05) is 12.8 Å². The maximum Gasteiger partial charge on any atom is 0.130 e. The van der Waals surface area contributed by atoms with E-state index in [1.807, 2.05) is 37.3 Å². The Balaban J connectivity index is 2.17. The van der Waals surface area contributed by atoms with Gasteiger partial charge in [0.25, 0.3) is 0 Å². The molecule has 0 unspecified atom stereocenters. The van der Waals surface area contributed by atoms with Crippen LogP contribution in [0.2, 0.25) is 0 Å². The van der Waals surface area contributed by atoms with Gasteiger partial charge in [0.15, 0.2) is 0 Å². The van der Waals surface area contributed by atoms with Crippen molar-refractivity contribution in [3.8, 4) is 0 Å². The normalized spacial score (nSPS) is 10.3. The van der Waals surface area contributed by atoms with Crippen LogP contribution < -0.4 is 11.1 Å². The van der Waals surface area contributed by atoms with Crippen molar-refractivity contribution in [2.45, 2.75) is 13.5 Å². The van der Waals surface area contributed by atoms with Gasteiger partial charge in [-0.05, 0) is 36.2 Å². The van der Waals surface area contributed by atoms with Crippen LogP contribution in [-0.4, -0.2) is 12.1 Å². The molecule has 0 amide bonds. The number of rotatable bonds is 4. The Labute approximate surface area is 107 Å². The molecule has 0 atom stereocenters. The first-order valence-corrected chi connectivity index (χ1v) is 5.76. The van der Waals surface area contributed by atoms with E-state index in [0.29, 0.717) is 12.3 Å². The number of nitrogens with one attached hydrogen (secondary N) is 1. The molecule has 0 aliphatic rings. The van der Waals surface area contributed by atoms with Gasteiger partial charge in [-0.15, -0.1) is 0 Å². The van der Waals surface area contributed by atoms with Crippen LogP contribution in [-0.2, 0) is 11.3 Å². The average Bonchev–Trinajstić information content (AvgIpc) is 2.35. The first-order chi connectivity index (χ1) is 8.69. The molecule has 1 heterocycles. The number of nitrogens with zero attached hydrogens (tertiary/aromatic N) is 1. The second-order valence-electron chi connectivity index (χ2n) is 4.18. The molecule has 0 spiro atoms. The predicted octanol–water partition coefficient (Wildman–Crippen LogP) is 2.86. The highest BCUT2D eigenvalue weighted by Gasteiger charge is 2.00. The van der Waals surface area contributed by atoms with E-state index in [4.69, 9.17) is 10.5 Å². The molecule has 0 fully saturated rings. The maximum atomic E-state index is 5.74. The number of nitrogen functional groups attached to an aromatic ring is 1. The lowest BCUT2D eigenvalue weighted by Gasteiger charge is -2.09. The van der Waals surface area contributed by atoms with E-state index in [1.165, 1.54) is 0 Å². The average molecular weight is 243 g/mol. The Bertz CT molecular complexity index is 540. The zero-order valence-corrected chi connectivity index (χ0v) is 10.6. The Hall–Kier alpha value is -2.07. The number of hydrogen-bond donors (Lipinski definition) is 2. The molecule has 2 aromatic rings. The number of aromatic nitrogens is 1. The third kappa shape index (κ3) is 2.99. The van der Waals surface area contributed by atoms with Crippen LogP contribution in [0.1, 0.15) is 11.1 Å². The van der Waals surface area contributed by atoms with Gasteiger partial charge in [0.1, 0.15) is 5.82 Å². The quantitative estimate of drug-likeness (QED) is 0.866. The molecule has 0 aliphatic heterocycles. The summed E-state index contributed by atoms with van der Waals surface area (Å²) >= 11 is 0. The maximum absolute atomic E-state index is 5.74. The molecule has 4 heteroatoms. The zero-order valence-electron chi connectivity index (χ0n) is 10.6. The van der Waals surface area contributed by atoms with Crippen molar-refractivity contribution in [3.05, 3.63) is 47.7 Å². The number of methoxy groups -OCH3 is 1. The molecule has 0 saturated carbocycles. The molecule has 2 rings (SSSR count). The molecule has 4 nitrogen and oxygen atoms in total. The monoisotopic (exact) mass is 243 g/mol. The SMILES string of the molecule is COCc1cccc(Nc2cc(C)c(N)cn2)c1. The van der Waals surface area contributed by atoms with Crippen LogP contribution in [0.15, 0.2) is 36.5 Å². The van der Waals surface area contributed by atoms with Crippen molar-refractivity contribution >= 4 is 17.2 Å². The van der Waals surface area contributed by atoms with Crippen LogP contribution in [0, 0.1) is 6.92 Å². The Kier molecular flexibility index (Phi) is 3.79. The lowest BCUT2D eigenvalue weighted by atomic mass is 10.2. The molecule has 0 radical (unpaired) electrons. The number of anilines is 3. The third-order valence-corrected chi connectivity index (χ3v) is 2.66. The summed E-state index contributed by atoms with van der Waals surface area (Å²) < 4.78 is 5.11. The lowest BCUT2D eigenvalue weighted by Crippen LogP contribution is -1.98. The highest BCUT2D eigenvalue weighted by molar-refractivity contribution is 5.60. The van der Waals surface area contributed by atoms with Gasteiger partial charge in [-0.2, -0.15) is 0 Å². The van der Waals surface area contributed by atoms with Gasteiger partial charge < -0.3 is 15.8 Å². The van der Waals surface area contributed by atoms with E-state index >= 15 is 0 Å². The van der Waals surface area contributed by atoms with Gasteiger partial charge in [0.05, 0.1) is 18.5 Å². The fourth-order valence-electron chi connectivity index (χ4n) is 1.69. The van der Waals surface area contributed by atoms with E-state index in [-0.39, 0.29) is 0 Å². The second kappa shape index (κ2) is 5.51. The van der Waals surface area contributed by atoms with Crippen LogP contribution in [0.5, 0.6) is 0 Å². The second-order valence-corrected chi connectivity index (χ2v) is 4.18. The Morgan fingerprint density at radius 3 is 2.89 bits per heavy atom. The summed E-state index contributed by atoms with van der Waals surface area (Å²) in [6.07, 6.45) is 1.66. The number of ether oxygens (including phenoxy) is 1. The molecule has 0 bridgehead atoms. The van der Waals surface area contributed by atoms with Crippen molar-refractivity contribution in [3.63, 3.8) is 0 Å². The third-order valence-electron chi connectivity index (χ3n) is 2.66. The summed E-state index contributed by atoms with van der Waals surface area (Å²) in [6, 6.07) is 9.97. The van der Waals surface area contributed by atoms with Gasteiger partial charge in [-0.1, -0.05) is 12.1 Å². The molecule has 18 heavy (non-hydrogen) atoms. The number of aryl methyl sites for hydroxylation is 1. The Morgan fingerprint density at radius 1 is 1.33 bits per heavy atom. The van der Waals surface area contributed by atoms with Crippen LogP contribution in [0.3, 0.4) is 0 Å². The zero-order chi connectivity index (χ0) is 13.0. The number of benzene rings is 1. The molecule has 3 N–H and O–H groups in total. The lowest BCUT2D eigenvalue weighted by molar-refractivity contribution is 0.185. The fraction of sp³-hybridized carbons (Fsp3) is 0.214. The summed E-state index contributed by atoms with van der Waals surface area (Å²) in [5, 5.41) is 3.25. The van der Waals surface area contributed by atoms with Gasteiger partial charge in [-0.25, -0.2) is 4.98 Å². The first-order valence-electron chi connectivity index (χ1n) is 5.76. The Morgan fingerprint density at radius 2 is 2.17 bits per heavy atom. The summed E-state index contributed by atoms with van der Waals surface area (Å²) in [5.41, 5.74) is 9.56. The number of hydrogen-bond acceptors (Lipinski definition) is 4. The number of pyridine rings is 1. The smallest absolute Gasteiger partial charge is 0.130 e. The van der Waals surface area contributed by atoms with Crippen molar-refractivity contribution < 1.29 is 4.74 Å². The van der Waals surface area contributed by atoms with Crippen molar-refractivity contribution in [2.24, 2.45) is 0 Å². The van der Waals surface area contributed by atoms with Crippen LogP contribution in [0.4, 0.5) is 17.2 Å². The largest absolute Gasteiger partial charge is 0.397 e. The van der Waals surface area contributed by atoms with Gasteiger partial charge >= 0.3 is 0 Å². The van der Waals surface area contributed by atoms with Crippen molar-refractivity contribution in [2.75, 3.05) is 18.2 Å². The molecule has 0 saturated heterocycles. The molecule has 94 valence electrons. The molecular weight excluding hydrogens is 226 g/mol. The van der Waals surface area contributed by atoms with E-state index in [0.717, 1.165) is 22.6 Å².